The first-order chi connectivity index (χ1) is 70.6. The molecule has 9 nitrogen and oxygen atoms in total. The maximum Gasteiger partial charge on any atom is 0.164 e. The molecule has 0 saturated heterocycles. The molecule has 6 heterocycles. The highest BCUT2D eigenvalue weighted by Gasteiger charge is 2.42. The molecule has 28 rings (SSSR count). The van der Waals surface area contributed by atoms with E-state index in [0.29, 0.717) is 52.4 Å². The van der Waals surface area contributed by atoms with Gasteiger partial charge >= 0.3 is 0 Å². The molecule has 0 amide bonds. The van der Waals surface area contributed by atoms with Crippen LogP contribution in [-0.2, 0) is 16.2 Å². The molecule has 25 aromatic rings. The van der Waals surface area contributed by atoms with Crippen molar-refractivity contribution in [1.82, 2.24) is 44.9 Å². The number of aromatic nitrogens is 9. The van der Waals surface area contributed by atoms with E-state index in [9.17, 15) is 0 Å². The molecule has 3 aliphatic rings. The Morgan fingerprint density at radius 1 is 0.153 bits per heavy atom. The highest BCUT2D eigenvalue weighted by atomic mass is 32.1. The summed E-state index contributed by atoms with van der Waals surface area (Å²) in [5.74, 6) is 5.97. The smallest absolute Gasteiger partial charge is 0.164 e. The molecule has 0 N–H and O–H groups in total. The van der Waals surface area contributed by atoms with Crippen molar-refractivity contribution >= 4 is 94.5 Å². The van der Waals surface area contributed by atoms with E-state index in [2.05, 4.69) is 302 Å². The van der Waals surface area contributed by atoms with Gasteiger partial charge in [0.05, 0.1) is 0 Å². The average molecular weight is 1900 g/mol. The van der Waals surface area contributed by atoms with Crippen LogP contribution in [0.2, 0.25) is 0 Å². The second-order valence-electron chi connectivity index (χ2n) is 38.9. The summed E-state index contributed by atoms with van der Waals surface area (Å²) in [6.07, 6.45) is 0. The van der Waals surface area contributed by atoms with E-state index < -0.39 is 0 Å². The summed E-state index contributed by atoms with van der Waals surface area (Å²) in [6, 6.07) is 157. The summed E-state index contributed by atoms with van der Waals surface area (Å²) in [6.45, 7) is 14.2. The number of nitrogens with zero attached hydrogens (tertiary/aromatic N) is 9. The minimum atomic E-state index is -0.149. The van der Waals surface area contributed by atoms with Gasteiger partial charge in [-0.3, -0.25) is 0 Å². The number of thiophene rings is 3. The van der Waals surface area contributed by atoms with E-state index in [0.717, 1.165) is 61.2 Å². The molecule has 0 unspecified atom stereocenters. The SMILES string of the molecule is CC1(C)c2c(-c3ccc(-c4nc(-c5ccccc5)nc(-c5ccccc5)n4)cc3)cccc2-c2ccc3c(sc4ccccc43)c21.CC1(C)c2cc(-c3cccc(-c4ccc(-c5nc(-c6ccccc6)nc(-c6ccccc6)n5)cc4)c3)ccc2-c2c1ccc1c2sc2ccccc21.CC1(C)c2cc(-c3cccc(-c4nc(-c5ccccc5)nc(-c5ccccc5)n4)c3)ccc2-c2c1ccc1c2sc2ccccc21. The average Bonchev–Trinajstić information content (AvgIpc) is 1.55. The predicted molar refractivity (Wildman–Crippen MR) is 602 cm³/mol. The molecule has 19 aromatic carbocycles. The van der Waals surface area contributed by atoms with Crippen LogP contribution in [0, 0.1) is 0 Å². The maximum absolute atomic E-state index is 4.97. The minimum absolute atomic E-state index is 0.0890. The first-order valence-electron chi connectivity index (χ1n) is 48.9. The molecule has 0 aliphatic heterocycles. The highest BCUT2D eigenvalue weighted by Crippen LogP contribution is 2.60. The third-order valence-corrected chi connectivity index (χ3v) is 32.8. The molecule has 0 bridgehead atoms. The first-order valence-corrected chi connectivity index (χ1v) is 51.4. The lowest BCUT2D eigenvalue weighted by atomic mass is 9.78. The normalized spacial score (nSPS) is 13.1. The predicted octanol–water partition coefficient (Wildman–Crippen LogP) is 35.3. The van der Waals surface area contributed by atoms with Gasteiger partial charge < -0.3 is 0 Å². The summed E-state index contributed by atoms with van der Waals surface area (Å²) < 4.78 is 8.22. The van der Waals surface area contributed by atoms with Crippen molar-refractivity contribution in [3.8, 4) is 180 Å². The zero-order valence-electron chi connectivity index (χ0n) is 79.9. The minimum Gasteiger partial charge on any atom is -0.208 e. The second-order valence-corrected chi connectivity index (χ2v) is 42.1. The molecule has 0 radical (unpaired) electrons. The van der Waals surface area contributed by atoms with Gasteiger partial charge in [-0.25, -0.2) is 44.9 Å². The van der Waals surface area contributed by atoms with Gasteiger partial charge in [0.25, 0.3) is 0 Å². The highest BCUT2D eigenvalue weighted by molar-refractivity contribution is 7.27. The van der Waals surface area contributed by atoms with E-state index in [-0.39, 0.29) is 16.2 Å². The standard InChI is InChI=1S/C48H33N3S.2C42H29N3S/c1-48(2)40-27-26-38-37-18-9-10-19-42(37)52-44(38)43(40)39-25-24-36(29-41(39)48)35-17-11-16-34(28-35)30-20-22-33(23-21-30)47-50-45(31-12-5-3-6-13-31)49-46(51-47)32-14-7-4-8-15-32;1-42(2)34-23-22-32-31-18-9-10-19-36(31)46-38(32)37(34)33-21-20-29(25-35(33)42)28-16-11-17-30(24-28)41-44-39(26-12-5-3-6-13-26)43-40(45-41)27-14-7-4-8-15-27;1-42(2)36-30(17-11-18-32(36)33-24-25-34-31-16-9-10-19-35(31)46-38(34)37(33)42)26-20-22-29(23-21-26)41-44-39(27-12-5-3-6-13-27)43-40(45-41)28-14-7-4-8-15-28/h3-29H,1-2H3;2*3-25H,1-2H3. The molecular weight excluding hydrogens is 1810 g/mol. The largest absolute Gasteiger partial charge is 0.208 e. The van der Waals surface area contributed by atoms with Crippen LogP contribution in [0.5, 0.6) is 0 Å². The van der Waals surface area contributed by atoms with E-state index in [1.807, 2.05) is 216 Å². The number of hydrogen-bond acceptors (Lipinski definition) is 12. The Morgan fingerprint density at radius 2 is 0.403 bits per heavy atom. The summed E-state index contributed by atoms with van der Waals surface area (Å²) >= 11 is 5.75. The summed E-state index contributed by atoms with van der Waals surface area (Å²) in [7, 11) is 0. The quantitative estimate of drug-likeness (QED) is 0.111. The van der Waals surface area contributed by atoms with Crippen LogP contribution in [0.15, 0.2) is 443 Å². The van der Waals surface area contributed by atoms with Crippen LogP contribution >= 0.6 is 34.0 Å². The zero-order valence-corrected chi connectivity index (χ0v) is 82.3. The van der Waals surface area contributed by atoms with Gasteiger partial charge in [-0.1, -0.05) is 442 Å². The first kappa shape index (κ1) is 87.1. The van der Waals surface area contributed by atoms with Gasteiger partial charge in [0.15, 0.2) is 52.4 Å². The van der Waals surface area contributed by atoms with Crippen LogP contribution in [0.1, 0.15) is 74.9 Å². The fourth-order valence-corrected chi connectivity index (χ4v) is 25.9. The molecule has 6 aromatic heterocycles. The van der Waals surface area contributed by atoms with E-state index in [1.165, 1.54) is 161 Å². The zero-order chi connectivity index (χ0) is 96.5. The Morgan fingerprint density at radius 3 is 0.785 bits per heavy atom. The fraction of sp³-hybridized carbons (Fsp3) is 0.0682. The molecule has 0 fully saturated rings. The Bertz CT molecular complexity index is 9210. The van der Waals surface area contributed by atoms with Crippen LogP contribution < -0.4 is 0 Å². The monoisotopic (exact) mass is 1900 g/mol. The third-order valence-electron chi connectivity index (χ3n) is 29.2. The van der Waals surface area contributed by atoms with Crippen molar-refractivity contribution in [2.75, 3.05) is 0 Å². The Labute approximate surface area is 847 Å². The fourth-order valence-electron chi connectivity index (χ4n) is 22.0. The number of fused-ring (bicyclic) bond motifs is 21. The number of rotatable bonds is 13. The summed E-state index contributed by atoms with van der Waals surface area (Å²) in [5, 5.41) is 8.09. The summed E-state index contributed by atoms with van der Waals surface area (Å²) in [4.78, 5) is 44.2. The van der Waals surface area contributed by atoms with Crippen LogP contribution in [0.3, 0.4) is 0 Å². The third kappa shape index (κ3) is 15.2. The van der Waals surface area contributed by atoms with E-state index in [1.54, 1.807) is 0 Å². The lowest BCUT2D eigenvalue weighted by molar-refractivity contribution is 0.661. The van der Waals surface area contributed by atoms with Crippen LogP contribution in [0.25, 0.3) is 241 Å². The van der Waals surface area contributed by atoms with Gasteiger partial charge in [-0.05, 0) is 143 Å². The number of hydrogen-bond donors (Lipinski definition) is 0. The van der Waals surface area contributed by atoms with E-state index >= 15 is 0 Å². The van der Waals surface area contributed by atoms with Crippen molar-refractivity contribution in [2.45, 2.75) is 57.8 Å². The second kappa shape index (κ2) is 35.3. The van der Waals surface area contributed by atoms with Gasteiger partial charge in [0.1, 0.15) is 0 Å². The molecule has 682 valence electrons. The molecule has 0 spiro atoms. The molecular formula is C132H91N9S3. The molecule has 12 heteroatoms. The maximum atomic E-state index is 4.97. The van der Waals surface area contributed by atoms with Gasteiger partial charge in [-0.15, -0.1) is 34.0 Å². The topological polar surface area (TPSA) is 116 Å². The van der Waals surface area contributed by atoms with Crippen molar-refractivity contribution in [2.24, 2.45) is 0 Å². The van der Waals surface area contributed by atoms with E-state index in [4.69, 9.17) is 44.9 Å². The number of benzene rings is 19. The Kier molecular flexibility index (Phi) is 21.3. The van der Waals surface area contributed by atoms with Crippen molar-refractivity contribution in [3.05, 3.63) is 476 Å². The van der Waals surface area contributed by atoms with Crippen LogP contribution in [-0.4, -0.2) is 44.9 Å². The molecule has 144 heavy (non-hydrogen) atoms. The van der Waals surface area contributed by atoms with Crippen molar-refractivity contribution < 1.29 is 0 Å². The molecule has 0 atom stereocenters. The lowest BCUT2D eigenvalue weighted by Crippen LogP contribution is -2.16. The Balaban J connectivity index is 0.000000110. The van der Waals surface area contributed by atoms with Gasteiger partial charge in [0, 0.05) is 138 Å². The lowest BCUT2D eigenvalue weighted by Gasteiger charge is -2.25. The molecule has 0 saturated carbocycles. The summed E-state index contributed by atoms with van der Waals surface area (Å²) in [5.41, 5.74) is 34.5. The van der Waals surface area contributed by atoms with Crippen LogP contribution in [0.4, 0.5) is 0 Å². The van der Waals surface area contributed by atoms with Gasteiger partial charge in [-0.2, -0.15) is 0 Å². The molecule has 3 aliphatic carbocycles. The van der Waals surface area contributed by atoms with Crippen molar-refractivity contribution in [3.63, 3.8) is 0 Å². The van der Waals surface area contributed by atoms with Crippen molar-refractivity contribution in [1.29, 1.82) is 0 Å². The van der Waals surface area contributed by atoms with Gasteiger partial charge in [0.2, 0.25) is 0 Å². The Hall–Kier alpha value is -17.1.